The molecule has 2 rings (SSSR count). The lowest BCUT2D eigenvalue weighted by Crippen LogP contribution is -2.54. The van der Waals surface area contributed by atoms with Crippen LogP contribution < -0.4 is 10.6 Å². The first kappa shape index (κ1) is 20.9. The van der Waals surface area contributed by atoms with E-state index in [1.54, 1.807) is 0 Å². The molecular formula is C16H33IN4O2. The summed E-state index contributed by atoms with van der Waals surface area (Å²) in [5.41, 5.74) is 0.148. The second-order valence-electron chi connectivity index (χ2n) is 7.06. The van der Waals surface area contributed by atoms with Gasteiger partial charge in [-0.2, -0.15) is 0 Å². The Hall–Kier alpha value is -0.120. The number of guanidine groups is 1. The summed E-state index contributed by atoms with van der Waals surface area (Å²) in [5, 5.41) is 6.92. The number of ether oxygens (including phenoxy) is 2. The van der Waals surface area contributed by atoms with Crippen LogP contribution in [0.4, 0.5) is 0 Å². The fourth-order valence-corrected chi connectivity index (χ4v) is 2.93. The summed E-state index contributed by atoms with van der Waals surface area (Å²) in [6.45, 7) is 11.7. The van der Waals surface area contributed by atoms with Crippen LogP contribution in [0, 0.1) is 0 Å². The molecule has 2 N–H and O–H groups in total. The topological polar surface area (TPSA) is 58.1 Å². The first-order valence-corrected chi connectivity index (χ1v) is 8.43. The van der Waals surface area contributed by atoms with Crippen molar-refractivity contribution in [3.8, 4) is 0 Å². The third-order valence-corrected chi connectivity index (χ3v) is 4.05. The zero-order valence-electron chi connectivity index (χ0n) is 14.9. The predicted molar refractivity (Wildman–Crippen MR) is 105 cm³/mol. The summed E-state index contributed by atoms with van der Waals surface area (Å²) in [7, 11) is 1.84. The fraction of sp³-hybridized carbons (Fsp3) is 0.938. The lowest BCUT2D eigenvalue weighted by Gasteiger charge is -2.37. The highest BCUT2D eigenvalue weighted by Gasteiger charge is 2.32. The maximum absolute atomic E-state index is 5.90. The molecule has 0 aromatic carbocycles. The van der Waals surface area contributed by atoms with Crippen LogP contribution in [0.1, 0.15) is 33.6 Å². The van der Waals surface area contributed by atoms with E-state index in [0.717, 1.165) is 58.2 Å². The van der Waals surface area contributed by atoms with Gasteiger partial charge in [0.2, 0.25) is 0 Å². The van der Waals surface area contributed by atoms with E-state index in [1.165, 1.54) is 0 Å². The molecule has 2 fully saturated rings. The van der Waals surface area contributed by atoms with E-state index < -0.39 is 0 Å². The fourth-order valence-electron chi connectivity index (χ4n) is 2.93. The lowest BCUT2D eigenvalue weighted by atomic mass is 10.1. The number of hydrogen-bond acceptors (Lipinski definition) is 4. The van der Waals surface area contributed by atoms with Crippen molar-refractivity contribution >= 4 is 29.9 Å². The van der Waals surface area contributed by atoms with E-state index in [4.69, 9.17) is 9.47 Å². The Morgan fingerprint density at radius 2 is 1.91 bits per heavy atom. The van der Waals surface area contributed by atoms with Gasteiger partial charge in [-0.05, 0) is 33.6 Å². The van der Waals surface area contributed by atoms with Gasteiger partial charge in [0.1, 0.15) is 6.10 Å². The molecule has 0 radical (unpaired) electrons. The normalized spacial score (nSPS) is 26.1. The van der Waals surface area contributed by atoms with Gasteiger partial charge in [0.25, 0.3) is 0 Å². The third kappa shape index (κ3) is 7.11. The van der Waals surface area contributed by atoms with E-state index in [2.05, 4.69) is 41.3 Å². The zero-order chi connectivity index (χ0) is 16.0. The molecule has 7 heteroatoms. The number of halogens is 1. The van der Waals surface area contributed by atoms with Crippen LogP contribution in [-0.2, 0) is 9.47 Å². The van der Waals surface area contributed by atoms with Crippen molar-refractivity contribution in [1.29, 1.82) is 0 Å². The summed E-state index contributed by atoms with van der Waals surface area (Å²) in [6, 6.07) is 0. The van der Waals surface area contributed by atoms with Gasteiger partial charge in [0, 0.05) is 45.4 Å². The van der Waals surface area contributed by atoms with Gasteiger partial charge in [-0.15, -0.1) is 24.0 Å². The van der Waals surface area contributed by atoms with Crippen molar-refractivity contribution in [2.45, 2.75) is 51.4 Å². The maximum atomic E-state index is 5.90. The average Bonchev–Trinajstić information content (AvgIpc) is 3.01. The summed E-state index contributed by atoms with van der Waals surface area (Å²) in [6.07, 6.45) is 2.68. The monoisotopic (exact) mass is 440 g/mol. The van der Waals surface area contributed by atoms with Gasteiger partial charge in [0.15, 0.2) is 5.96 Å². The standard InChI is InChI=1S/C16H32N4O2.HI/c1-16(2,3)19-8-7-18-15(17-4)20-9-11-22-14(12-20)13-6-5-10-21-13;/h13-14,19H,5-12H2,1-4H3,(H,17,18);1H. The quantitative estimate of drug-likeness (QED) is 0.300. The molecular weight excluding hydrogens is 407 g/mol. The van der Waals surface area contributed by atoms with Gasteiger partial charge in [-0.1, -0.05) is 0 Å². The Morgan fingerprint density at radius 1 is 1.17 bits per heavy atom. The van der Waals surface area contributed by atoms with Crippen molar-refractivity contribution < 1.29 is 9.47 Å². The molecule has 0 bridgehead atoms. The zero-order valence-corrected chi connectivity index (χ0v) is 17.3. The average molecular weight is 440 g/mol. The summed E-state index contributed by atoms with van der Waals surface area (Å²) in [4.78, 5) is 6.70. The first-order chi connectivity index (χ1) is 10.5. The number of morpholine rings is 1. The van der Waals surface area contributed by atoms with Gasteiger partial charge in [0.05, 0.1) is 12.7 Å². The van der Waals surface area contributed by atoms with Gasteiger partial charge in [-0.25, -0.2) is 0 Å². The van der Waals surface area contributed by atoms with Crippen LogP contribution in [0.25, 0.3) is 0 Å². The second-order valence-corrected chi connectivity index (χ2v) is 7.06. The molecule has 0 saturated carbocycles. The molecule has 2 aliphatic heterocycles. The van der Waals surface area contributed by atoms with Crippen LogP contribution in [-0.4, -0.2) is 75.0 Å². The number of rotatable bonds is 4. The summed E-state index contributed by atoms with van der Waals surface area (Å²) in [5.74, 6) is 0.960. The number of aliphatic imine (C=N–C) groups is 1. The van der Waals surface area contributed by atoms with Crippen LogP contribution in [0.15, 0.2) is 4.99 Å². The SMILES string of the molecule is CN=C(NCCNC(C)(C)C)N1CCOC(C2CCCO2)C1.I. The van der Waals surface area contributed by atoms with E-state index in [1.807, 2.05) is 7.05 Å². The lowest BCUT2D eigenvalue weighted by molar-refractivity contribution is -0.0816. The molecule has 6 nitrogen and oxygen atoms in total. The Kier molecular flexibility index (Phi) is 9.10. The molecule has 0 amide bonds. The van der Waals surface area contributed by atoms with Crippen molar-refractivity contribution in [3.05, 3.63) is 0 Å². The molecule has 2 heterocycles. The maximum Gasteiger partial charge on any atom is 0.193 e. The molecule has 2 unspecified atom stereocenters. The van der Waals surface area contributed by atoms with E-state index >= 15 is 0 Å². The summed E-state index contributed by atoms with van der Waals surface area (Å²) < 4.78 is 11.7. The van der Waals surface area contributed by atoms with Crippen molar-refractivity contribution in [2.24, 2.45) is 4.99 Å². The minimum Gasteiger partial charge on any atom is -0.375 e. The van der Waals surface area contributed by atoms with E-state index in [9.17, 15) is 0 Å². The smallest absolute Gasteiger partial charge is 0.193 e. The van der Waals surface area contributed by atoms with Gasteiger partial charge < -0.3 is 25.0 Å². The molecule has 23 heavy (non-hydrogen) atoms. The molecule has 136 valence electrons. The highest BCUT2D eigenvalue weighted by Crippen LogP contribution is 2.20. The molecule has 0 aromatic heterocycles. The second kappa shape index (κ2) is 10.0. The predicted octanol–water partition coefficient (Wildman–Crippen LogP) is 1.45. The van der Waals surface area contributed by atoms with E-state index in [0.29, 0.717) is 0 Å². The molecule has 0 aliphatic carbocycles. The minimum absolute atomic E-state index is 0. The van der Waals surface area contributed by atoms with Crippen LogP contribution >= 0.6 is 24.0 Å². The van der Waals surface area contributed by atoms with Crippen molar-refractivity contribution in [1.82, 2.24) is 15.5 Å². The first-order valence-electron chi connectivity index (χ1n) is 8.43. The molecule has 0 spiro atoms. The number of nitrogens with zero attached hydrogens (tertiary/aromatic N) is 2. The highest BCUT2D eigenvalue weighted by molar-refractivity contribution is 14.0. The summed E-state index contributed by atoms with van der Waals surface area (Å²) >= 11 is 0. The largest absolute Gasteiger partial charge is 0.375 e. The van der Waals surface area contributed by atoms with Gasteiger partial charge >= 0.3 is 0 Å². The Bertz CT molecular complexity index is 368. The van der Waals surface area contributed by atoms with Crippen molar-refractivity contribution in [2.75, 3.05) is 46.4 Å². The minimum atomic E-state index is 0. The number of hydrogen-bond donors (Lipinski definition) is 2. The van der Waals surface area contributed by atoms with Gasteiger partial charge in [-0.3, -0.25) is 4.99 Å². The Morgan fingerprint density at radius 3 is 2.52 bits per heavy atom. The van der Waals surface area contributed by atoms with Crippen LogP contribution in [0.2, 0.25) is 0 Å². The third-order valence-electron chi connectivity index (χ3n) is 4.05. The molecule has 2 atom stereocenters. The van der Waals surface area contributed by atoms with Crippen LogP contribution in [0.5, 0.6) is 0 Å². The number of nitrogens with one attached hydrogen (secondary N) is 2. The molecule has 2 saturated heterocycles. The van der Waals surface area contributed by atoms with Crippen molar-refractivity contribution in [3.63, 3.8) is 0 Å². The highest BCUT2D eigenvalue weighted by atomic mass is 127. The van der Waals surface area contributed by atoms with Crippen LogP contribution in [0.3, 0.4) is 0 Å². The molecule has 2 aliphatic rings. The Labute approximate surface area is 157 Å². The molecule has 0 aromatic rings. The van der Waals surface area contributed by atoms with E-state index in [-0.39, 0.29) is 41.7 Å². The Balaban J connectivity index is 0.00000264.